The topological polar surface area (TPSA) is 123 Å². The quantitative estimate of drug-likeness (QED) is 0.520. The van der Waals surface area contributed by atoms with Crippen LogP contribution in [0.15, 0.2) is 18.2 Å². The predicted octanol–water partition coefficient (Wildman–Crippen LogP) is 1.93. The number of hydrogen-bond donors (Lipinski definition) is 2. The van der Waals surface area contributed by atoms with Gasteiger partial charge in [0.05, 0.1) is 13.5 Å². The van der Waals surface area contributed by atoms with Gasteiger partial charge < -0.3 is 29.7 Å². The zero-order valence-corrected chi connectivity index (χ0v) is 21.9. The van der Waals surface area contributed by atoms with Crippen LogP contribution < -0.4 is 15.4 Å². The highest BCUT2D eigenvalue weighted by Gasteiger charge is 2.44. The zero-order valence-electron chi connectivity index (χ0n) is 21.9. The van der Waals surface area contributed by atoms with Crippen molar-refractivity contribution in [1.82, 2.24) is 15.5 Å². The molecule has 2 heterocycles. The number of esters is 1. The van der Waals surface area contributed by atoms with E-state index in [1.807, 2.05) is 20.8 Å². The van der Waals surface area contributed by atoms with Crippen LogP contribution in [0, 0.1) is 12.3 Å². The third-order valence-corrected chi connectivity index (χ3v) is 6.60. The Labute approximate surface area is 212 Å². The van der Waals surface area contributed by atoms with E-state index in [2.05, 4.69) is 10.6 Å². The highest BCUT2D eigenvalue weighted by atomic mass is 16.7. The van der Waals surface area contributed by atoms with Crippen LogP contribution in [-0.4, -0.2) is 73.3 Å². The Morgan fingerprint density at radius 2 is 1.97 bits per heavy atom. The molecule has 4 atom stereocenters. The van der Waals surface area contributed by atoms with Crippen LogP contribution in [0.4, 0.5) is 0 Å². The minimum absolute atomic E-state index is 0.0115. The summed E-state index contributed by atoms with van der Waals surface area (Å²) in [6, 6.07) is 2.99. The molecule has 198 valence electrons. The molecule has 0 aromatic heterocycles. The van der Waals surface area contributed by atoms with Gasteiger partial charge in [0.15, 0.2) is 0 Å². The van der Waals surface area contributed by atoms with Gasteiger partial charge in [-0.3, -0.25) is 19.2 Å². The molecule has 2 fully saturated rings. The molecule has 3 rings (SSSR count). The number of amides is 3. The molecule has 36 heavy (non-hydrogen) atoms. The highest BCUT2D eigenvalue weighted by molar-refractivity contribution is 6.00. The van der Waals surface area contributed by atoms with Crippen molar-refractivity contribution < 1.29 is 33.4 Å². The van der Waals surface area contributed by atoms with Crippen LogP contribution in [0.5, 0.6) is 5.75 Å². The van der Waals surface area contributed by atoms with Gasteiger partial charge >= 0.3 is 5.97 Å². The molecule has 10 nitrogen and oxygen atoms in total. The summed E-state index contributed by atoms with van der Waals surface area (Å²) in [4.78, 5) is 53.4. The summed E-state index contributed by atoms with van der Waals surface area (Å²) < 4.78 is 15.9. The van der Waals surface area contributed by atoms with E-state index in [1.165, 1.54) is 12.0 Å². The third kappa shape index (κ3) is 5.98. The smallest absolute Gasteiger partial charge is 0.310 e. The lowest BCUT2D eigenvalue weighted by Crippen LogP contribution is -2.58. The Morgan fingerprint density at radius 1 is 1.25 bits per heavy atom. The maximum atomic E-state index is 13.7. The molecule has 1 aromatic rings. The first kappa shape index (κ1) is 27.4. The molecule has 0 radical (unpaired) electrons. The van der Waals surface area contributed by atoms with Crippen LogP contribution >= 0.6 is 0 Å². The molecule has 10 heteroatoms. The second-order valence-electron chi connectivity index (χ2n) is 10.2. The third-order valence-electron chi connectivity index (χ3n) is 6.60. The largest absolute Gasteiger partial charge is 0.496 e. The van der Waals surface area contributed by atoms with Gasteiger partial charge in [-0.05, 0) is 44.2 Å². The van der Waals surface area contributed by atoms with E-state index in [1.54, 1.807) is 32.0 Å². The number of rotatable bonds is 8. The van der Waals surface area contributed by atoms with Gasteiger partial charge in [-0.2, -0.15) is 0 Å². The van der Waals surface area contributed by atoms with Crippen molar-refractivity contribution in [3.05, 3.63) is 29.3 Å². The number of ether oxygens (including phenoxy) is 3. The average molecular weight is 504 g/mol. The van der Waals surface area contributed by atoms with E-state index in [-0.39, 0.29) is 24.1 Å². The van der Waals surface area contributed by atoms with Crippen molar-refractivity contribution in [2.75, 3.05) is 20.3 Å². The molecule has 2 aliphatic rings. The van der Waals surface area contributed by atoms with E-state index in [4.69, 9.17) is 14.2 Å². The first-order valence-electron chi connectivity index (χ1n) is 12.3. The normalized spacial score (nSPS) is 22.7. The minimum atomic E-state index is -0.864. The average Bonchev–Trinajstić information content (AvgIpc) is 3.43. The monoisotopic (exact) mass is 503 g/mol. The molecular weight excluding hydrogens is 466 g/mol. The molecule has 1 aromatic carbocycles. The van der Waals surface area contributed by atoms with Gasteiger partial charge in [0, 0.05) is 24.3 Å². The zero-order chi connectivity index (χ0) is 26.6. The number of nitrogens with zero attached hydrogens (tertiary/aromatic N) is 1. The Morgan fingerprint density at radius 3 is 2.61 bits per heavy atom. The SMILES string of the molecule is CCO[C@@H]1OC(=O)C[C@@H]1NC(=O)[C@@H]1CCCN1C(=O)[C@@H](NC(=O)c1cccc(OC)c1C)C(C)(C)C. The van der Waals surface area contributed by atoms with Crippen molar-refractivity contribution in [3.63, 3.8) is 0 Å². The minimum Gasteiger partial charge on any atom is -0.496 e. The lowest BCUT2D eigenvalue weighted by atomic mass is 9.85. The predicted molar refractivity (Wildman–Crippen MR) is 131 cm³/mol. The van der Waals surface area contributed by atoms with Gasteiger partial charge in [0.1, 0.15) is 23.9 Å². The second kappa shape index (κ2) is 11.3. The fourth-order valence-electron chi connectivity index (χ4n) is 4.66. The van der Waals surface area contributed by atoms with Gasteiger partial charge in [0.25, 0.3) is 5.91 Å². The van der Waals surface area contributed by atoms with Crippen LogP contribution in [0.3, 0.4) is 0 Å². The second-order valence-corrected chi connectivity index (χ2v) is 10.2. The molecule has 0 saturated carbocycles. The Hall–Kier alpha value is -3.14. The van der Waals surface area contributed by atoms with Crippen molar-refractivity contribution in [1.29, 1.82) is 0 Å². The molecule has 2 saturated heterocycles. The van der Waals surface area contributed by atoms with Crippen molar-refractivity contribution in [3.8, 4) is 5.75 Å². The van der Waals surface area contributed by atoms with Gasteiger partial charge in [0.2, 0.25) is 18.1 Å². The summed E-state index contributed by atoms with van der Waals surface area (Å²) in [6.07, 6.45) is 0.304. The van der Waals surface area contributed by atoms with E-state index >= 15 is 0 Å². The molecule has 0 bridgehead atoms. The Bertz CT molecular complexity index is 1000. The highest BCUT2D eigenvalue weighted by Crippen LogP contribution is 2.28. The standard InChI is InChI=1S/C26H37N3O7/c1-7-35-25-17(14-20(30)36-25)27-23(32)18-11-9-13-29(18)24(33)21(26(3,4)5)28-22(31)16-10-8-12-19(34-6)15(16)2/h8,10,12,17-18,21,25H,7,9,11,13-14H2,1-6H3,(H,27,32)(H,28,31)/t17-,18-,21+,25+/m0/s1. The Balaban J connectivity index is 1.76. The lowest BCUT2D eigenvalue weighted by molar-refractivity contribution is -0.164. The summed E-state index contributed by atoms with van der Waals surface area (Å²) in [6.45, 7) is 9.89. The Kier molecular flexibility index (Phi) is 8.60. The van der Waals surface area contributed by atoms with Crippen LogP contribution in [0.2, 0.25) is 0 Å². The molecule has 0 spiro atoms. The van der Waals surface area contributed by atoms with Gasteiger partial charge in [-0.1, -0.05) is 26.8 Å². The van der Waals surface area contributed by atoms with E-state index in [0.717, 1.165) is 0 Å². The van der Waals surface area contributed by atoms with Crippen molar-refractivity contribution in [2.45, 2.75) is 78.3 Å². The maximum absolute atomic E-state index is 13.7. The number of cyclic esters (lactones) is 1. The number of carbonyl (C=O) groups is 4. The fourth-order valence-corrected chi connectivity index (χ4v) is 4.66. The molecule has 0 unspecified atom stereocenters. The molecule has 0 aliphatic carbocycles. The summed E-state index contributed by atoms with van der Waals surface area (Å²) in [5, 5.41) is 5.73. The molecule has 2 aliphatic heterocycles. The first-order chi connectivity index (χ1) is 17.0. The number of likely N-dealkylation sites (tertiary alicyclic amines) is 1. The molecular formula is C26H37N3O7. The van der Waals surface area contributed by atoms with Crippen molar-refractivity contribution >= 4 is 23.7 Å². The van der Waals surface area contributed by atoms with Crippen LogP contribution in [0.1, 0.15) is 62.9 Å². The molecule has 3 amide bonds. The number of nitrogens with one attached hydrogen (secondary N) is 2. The van der Waals surface area contributed by atoms with E-state index < -0.39 is 35.8 Å². The molecule has 2 N–H and O–H groups in total. The summed E-state index contributed by atoms with van der Waals surface area (Å²) in [7, 11) is 1.54. The summed E-state index contributed by atoms with van der Waals surface area (Å²) >= 11 is 0. The number of benzene rings is 1. The van der Waals surface area contributed by atoms with Gasteiger partial charge in [-0.25, -0.2) is 0 Å². The van der Waals surface area contributed by atoms with Crippen LogP contribution in [0.25, 0.3) is 0 Å². The lowest BCUT2D eigenvalue weighted by Gasteiger charge is -2.35. The van der Waals surface area contributed by atoms with E-state index in [9.17, 15) is 19.2 Å². The van der Waals surface area contributed by atoms with E-state index in [0.29, 0.717) is 42.9 Å². The van der Waals surface area contributed by atoms with Crippen LogP contribution in [-0.2, 0) is 23.9 Å². The first-order valence-corrected chi connectivity index (χ1v) is 12.3. The number of hydrogen-bond acceptors (Lipinski definition) is 7. The fraction of sp³-hybridized carbons (Fsp3) is 0.615. The maximum Gasteiger partial charge on any atom is 0.310 e. The summed E-state index contributed by atoms with van der Waals surface area (Å²) in [5.74, 6) is -0.939. The van der Waals surface area contributed by atoms with Gasteiger partial charge in [-0.15, -0.1) is 0 Å². The summed E-state index contributed by atoms with van der Waals surface area (Å²) in [5.41, 5.74) is 0.475. The number of methoxy groups -OCH3 is 1. The van der Waals surface area contributed by atoms with Crippen molar-refractivity contribution in [2.24, 2.45) is 5.41 Å². The number of carbonyl (C=O) groups excluding carboxylic acids is 4.